The second-order valence-corrected chi connectivity index (χ2v) is 6.35. The summed E-state index contributed by atoms with van der Waals surface area (Å²) in [6.45, 7) is 9.44. The van der Waals surface area contributed by atoms with Gasteiger partial charge in [-0.3, -0.25) is 0 Å². The number of benzene rings is 1. The summed E-state index contributed by atoms with van der Waals surface area (Å²) >= 11 is 0. The minimum atomic E-state index is 0.627. The molecule has 2 aliphatic heterocycles. The molecule has 1 N–H and O–H groups in total. The summed E-state index contributed by atoms with van der Waals surface area (Å²) < 4.78 is 0. The second-order valence-electron chi connectivity index (χ2n) is 6.35. The first-order valence-electron chi connectivity index (χ1n) is 7.24. The van der Waals surface area contributed by atoms with Crippen molar-refractivity contribution in [3.8, 4) is 0 Å². The van der Waals surface area contributed by atoms with E-state index in [0.29, 0.717) is 11.3 Å². The molecule has 3 rings (SSSR count). The molecule has 1 spiro atoms. The quantitative estimate of drug-likeness (QED) is 0.860. The first kappa shape index (κ1) is 12.0. The third-order valence-electron chi connectivity index (χ3n) is 4.64. The molecule has 2 saturated heterocycles. The van der Waals surface area contributed by atoms with Crippen LogP contribution in [0.15, 0.2) is 24.3 Å². The SMILES string of the molecule is CC(C)c1ccc(N2CC3(CCNCC3)C2)cc1. The summed E-state index contributed by atoms with van der Waals surface area (Å²) in [4.78, 5) is 2.54. The molecule has 0 aromatic heterocycles. The molecule has 0 bridgehead atoms. The second kappa shape index (κ2) is 4.58. The summed E-state index contributed by atoms with van der Waals surface area (Å²) in [5, 5.41) is 3.46. The Morgan fingerprint density at radius 3 is 2.22 bits per heavy atom. The Hall–Kier alpha value is -1.02. The first-order chi connectivity index (χ1) is 8.69. The number of nitrogens with zero attached hydrogens (tertiary/aromatic N) is 1. The van der Waals surface area contributed by atoms with Crippen molar-refractivity contribution in [3.63, 3.8) is 0 Å². The van der Waals surface area contributed by atoms with Crippen LogP contribution >= 0.6 is 0 Å². The van der Waals surface area contributed by atoms with Crippen LogP contribution < -0.4 is 10.2 Å². The van der Waals surface area contributed by atoms with Gasteiger partial charge in [0.1, 0.15) is 0 Å². The lowest BCUT2D eigenvalue weighted by Crippen LogP contribution is -2.60. The van der Waals surface area contributed by atoms with Crippen LogP contribution in [0.2, 0.25) is 0 Å². The zero-order valence-electron chi connectivity index (χ0n) is 11.6. The number of hydrogen-bond donors (Lipinski definition) is 1. The summed E-state index contributed by atoms with van der Waals surface area (Å²) in [5.41, 5.74) is 3.47. The highest BCUT2D eigenvalue weighted by molar-refractivity contribution is 5.51. The summed E-state index contributed by atoms with van der Waals surface area (Å²) in [5.74, 6) is 0.631. The van der Waals surface area contributed by atoms with Gasteiger partial charge < -0.3 is 10.2 Å². The van der Waals surface area contributed by atoms with E-state index in [1.165, 1.54) is 50.3 Å². The van der Waals surface area contributed by atoms with E-state index in [1.807, 2.05) is 0 Å². The topological polar surface area (TPSA) is 15.3 Å². The van der Waals surface area contributed by atoms with E-state index >= 15 is 0 Å². The standard InChI is InChI=1S/C16H24N2/c1-13(2)14-3-5-15(6-4-14)18-11-16(12-18)7-9-17-10-8-16/h3-6,13,17H,7-12H2,1-2H3. The predicted molar refractivity (Wildman–Crippen MR) is 77.3 cm³/mol. The molecule has 1 aromatic rings. The van der Waals surface area contributed by atoms with Gasteiger partial charge in [-0.05, 0) is 49.5 Å². The summed E-state index contributed by atoms with van der Waals surface area (Å²) in [7, 11) is 0. The molecule has 0 saturated carbocycles. The third-order valence-corrected chi connectivity index (χ3v) is 4.64. The zero-order valence-corrected chi connectivity index (χ0v) is 11.6. The molecule has 98 valence electrons. The molecule has 18 heavy (non-hydrogen) atoms. The van der Waals surface area contributed by atoms with E-state index in [2.05, 4.69) is 48.3 Å². The number of rotatable bonds is 2. The average molecular weight is 244 g/mol. The molecule has 0 unspecified atom stereocenters. The van der Waals surface area contributed by atoms with E-state index in [1.54, 1.807) is 0 Å². The van der Waals surface area contributed by atoms with Gasteiger partial charge in [-0.25, -0.2) is 0 Å². The molecule has 2 nitrogen and oxygen atoms in total. The monoisotopic (exact) mass is 244 g/mol. The molecular formula is C16H24N2. The Balaban J connectivity index is 1.64. The molecule has 2 fully saturated rings. The van der Waals surface area contributed by atoms with Crippen LogP contribution in [0.1, 0.15) is 38.2 Å². The van der Waals surface area contributed by atoms with Crippen LogP contribution in [-0.4, -0.2) is 26.2 Å². The molecule has 0 radical (unpaired) electrons. The Bertz CT molecular complexity index is 394. The molecule has 2 heteroatoms. The van der Waals surface area contributed by atoms with Crippen molar-refractivity contribution in [2.24, 2.45) is 5.41 Å². The van der Waals surface area contributed by atoms with Crippen LogP contribution in [0.5, 0.6) is 0 Å². The fraction of sp³-hybridized carbons (Fsp3) is 0.625. The van der Waals surface area contributed by atoms with Gasteiger partial charge in [-0.1, -0.05) is 26.0 Å². The molecule has 1 aromatic carbocycles. The van der Waals surface area contributed by atoms with Gasteiger partial charge in [0.2, 0.25) is 0 Å². The molecule has 0 aliphatic carbocycles. The van der Waals surface area contributed by atoms with Gasteiger partial charge in [0.15, 0.2) is 0 Å². The highest BCUT2D eigenvalue weighted by atomic mass is 15.2. The van der Waals surface area contributed by atoms with Gasteiger partial charge in [0.05, 0.1) is 0 Å². The number of piperidine rings is 1. The molecular weight excluding hydrogens is 220 g/mol. The maximum Gasteiger partial charge on any atom is 0.0366 e. The van der Waals surface area contributed by atoms with Crippen LogP contribution in [0.4, 0.5) is 5.69 Å². The normalized spacial score (nSPS) is 22.3. The maximum absolute atomic E-state index is 3.46. The lowest BCUT2D eigenvalue weighted by Gasteiger charge is -2.53. The van der Waals surface area contributed by atoms with Gasteiger partial charge in [-0.2, -0.15) is 0 Å². The lowest BCUT2D eigenvalue weighted by atomic mass is 9.72. The van der Waals surface area contributed by atoms with E-state index in [0.717, 1.165) is 0 Å². The summed E-state index contributed by atoms with van der Waals surface area (Å²) in [6.07, 6.45) is 2.71. The average Bonchev–Trinajstić information content (AvgIpc) is 2.37. The fourth-order valence-electron chi connectivity index (χ4n) is 3.29. The van der Waals surface area contributed by atoms with E-state index < -0.39 is 0 Å². The van der Waals surface area contributed by atoms with Crippen molar-refractivity contribution in [1.29, 1.82) is 0 Å². The van der Waals surface area contributed by atoms with Gasteiger partial charge in [0, 0.05) is 24.2 Å². The third kappa shape index (κ3) is 2.14. The number of anilines is 1. The Kier molecular flexibility index (Phi) is 3.06. The van der Waals surface area contributed by atoms with Crippen molar-refractivity contribution < 1.29 is 0 Å². The lowest BCUT2D eigenvalue weighted by molar-refractivity contribution is 0.150. The molecule has 2 heterocycles. The van der Waals surface area contributed by atoms with Crippen molar-refractivity contribution in [2.75, 3.05) is 31.1 Å². The minimum Gasteiger partial charge on any atom is -0.370 e. The smallest absolute Gasteiger partial charge is 0.0366 e. The van der Waals surface area contributed by atoms with Gasteiger partial charge >= 0.3 is 0 Å². The maximum atomic E-state index is 3.46. The van der Waals surface area contributed by atoms with Crippen molar-refractivity contribution in [3.05, 3.63) is 29.8 Å². The van der Waals surface area contributed by atoms with Crippen molar-refractivity contribution in [2.45, 2.75) is 32.6 Å². The van der Waals surface area contributed by atoms with Gasteiger partial charge in [0.25, 0.3) is 0 Å². The number of nitrogens with one attached hydrogen (secondary N) is 1. The van der Waals surface area contributed by atoms with Crippen LogP contribution in [0.3, 0.4) is 0 Å². The van der Waals surface area contributed by atoms with Crippen LogP contribution in [0.25, 0.3) is 0 Å². The first-order valence-corrected chi connectivity index (χ1v) is 7.24. The Morgan fingerprint density at radius 1 is 1.06 bits per heavy atom. The highest BCUT2D eigenvalue weighted by Crippen LogP contribution is 2.41. The predicted octanol–water partition coefficient (Wildman–Crippen LogP) is 3.00. The Labute approximate surface area is 110 Å². The minimum absolute atomic E-state index is 0.627. The van der Waals surface area contributed by atoms with E-state index in [-0.39, 0.29) is 0 Å². The van der Waals surface area contributed by atoms with E-state index in [4.69, 9.17) is 0 Å². The van der Waals surface area contributed by atoms with Gasteiger partial charge in [-0.15, -0.1) is 0 Å². The Morgan fingerprint density at radius 2 is 1.67 bits per heavy atom. The summed E-state index contributed by atoms with van der Waals surface area (Å²) in [6, 6.07) is 9.16. The van der Waals surface area contributed by atoms with E-state index in [9.17, 15) is 0 Å². The molecule has 0 amide bonds. The number of hydrogen-bond acceptors (Lipinski definition) is 2. The molecule has 2 aliphatic rings. The zero-order chi connectivity index (χ0) is 12.6. The fourth-order valence-corrected chi connectivity index (χ4v) is 3.29. The van der Waals surface area contributed by atoms with Crippen molar-refractivity contribution in [1.82, 2.24) is 5.32 Å². The highest BCUT2D eigenvalue weighted by Gasteiger charge is 2.43. The molecule has 0 atom stereocenters. The van der Waals surface area contributed by atoms with Crippen molar-refractivity contribution >= 4 is 5.69 Å². The van der Waals surface area contributed by atoms with Crippen LogP contribution in [-0.2, 0) is 0 Å². The van der Waals surface area contributed by atoms with Crippen LogP contribution in [0, 0.1) is 5.41 Å². The largest absolute Gasteiger partial charge is 0.370 e.